The van der Waals surface area contributed by atoms with E-state index in [1.807, 2.05) is 59.7 Å². The van der Waals surface area contributed by atoms with Crippen molar-refractivity contribution in [1.29, 1.82) is 0 Å². The van der Waals surface area contributed by atoms with Crippen LogP contribution in [-0.4, -0.2) is 30.0 Å². The maximum absolute atomic E-state index is 12.0. The van der Waals surface area contributed by atoms with Crippen LogP contribution in [0.3, 0.4) is 0 Å². The molecule has 1 atom stereocenters. The van der Waals surface area contributed by atoms with Crippen molar-refractivity contribution in [3.05, 3.63) is 29.3 Å². The smallest absolute Gasteiger partial charge is 0.239 e. The highest BCUT2D eigenvalue weighted by Crippen LogP contribution is 2.24. The van der Waals surface area contributed by atoms with E-state index < -0.39 is 6.04 Å². The van der Waals surface area contributed by atoms with Crippen molar-refractivity contribution in [2.45, 2.75) is 59.7 Å². The van der Waals surface area contributed by atoms with E-state index in [2.05, 4.69) is 10.6 Å². The molecule has 0 radical (unpaired) electrons. The number of nitrogens with two attached hydrogens (primary N) is 1. The molecule has 0 aliphatic carbocycles. The van der Waals surface area contributed by atoms with E-state index in [-0.39, 0.29) is 42.3 Å². The van der Waals surface area contributed by atoms with E-state index in [1.54, 1.807) is 0 Å². The van der Waals surface area contributed by atoms with Crippen molar-refractivity contribution in [3.63, 3.8) is 0 Å². The van der Waals surface area contributed by atoms with Crippen molar-refractivity contribution in [1.82, 2.24) is 10.6 Å². The molecule has 26 heavy (non-hydrogen) atoms. The molecule has 0 bridgehead atoms. The van der Waals surface area contributed by atoms with Crippen LogP contribution in [0.4, 0.5) is 0 Å². The van der Waals surface area contributed by atoms with Gasteiger partial charge in [0.2, 0.25) is 11.8 Å². The molecule has 0 aromatic heterocycles. The molecule has 0 spiro atoms. The zero-order chi connectivity index (χ0) is 19.2. The van der Waals surface area contributed by atoms with Crippen molar-refractivity contribution in [2.24, 2.45) is 11.7 Å². The van der Waals surface area contributed by atoms with E-state index in [9.17, 15) is 9.59 Å². The topological polar surface area (TPSA) is 93.5 Å². The lowest BCUT2D eigenvalue weighted by Gasteiger charge is -2.24. The monoisotopic (exact) mass is 385 g/mol. The minimum atomic E-state index is -0.614. The van der Waals surface area contributed by atoms with E-state index in [1.165, 1.54) is 0 Å². The second-order valence-corrected chi connectivity index (χ2v) is 7.59. The van der Waals surface area contributed by atoms with Crippen LogP contribution in [0.1, 0.15) is 45.7 Å². The first-order valence-corrected chi connectivity index (χ1v) is 8.58. The minimum Gasteiger partial charge on any atom is -0.488 e. The van der Waals surface area contributed by atoms with E-state index >= 15 is 0 Å². The average Bonchev–Trinajstić information content (AvgIpc) is 2.49. The molecule has 1 aromatic rings. The third-order valence-corrected chi connectivity index (χ3v) is 3.56. The third kappa shape index (κ3) is 8.54. The van der Waals surface area contributed by atoms with Crippen LogP contribution in [0.2, 0.25) is 0 Å². The molecule has 2 amide bonds. The zero-order valence-corrected chi connectivity index (χ0v) is 17.3. The largest absolute Gasteiger partial charge is 0.488 e. The highest BCUT2D eigenvalue weighted by molar-refractivity contribution is 5.87. The number of aryl methyl sites for hydroxylation is 1. The molecule has 1 aromatic carbocycles. The summed E-state index contributed by atoms with van der Waals surface area (Å²) < 4.78 is 5.96. The van der Waals surface area contributed by atoms with Gasteiger partial charge in [-0.25, -0.2) is 0 Å². The Morgan fingerprint density at radius 2 is 1.81 bits per heavy atom. The predicted molar refractivity (Wildman–Crippen MR) is 106 cm³/mol. The van der Waals surface area contributed by atoms with Gasteiger partial charge in [-0.1, -0.05) is 26.0 Å². The van der Waals surface area contributed by atoms with Gasteiger partial charge in [0, 0.05) is 12.1 Å². The molecule has 0 aliphatic rings. The fourth-order valence-electron chi connectivity index (χ4n) is 2.08. The summed E-state index contributed by atoms with van der Waals surface area (Å²) in [7, 11) is 0. The molecule has 0 saturated heterocycles. The van der Waals surface area contributed by atoms with Gasteiger partial charge in [0.25, 0.3) is 0 Å². The van der Waals surface area contributed by atoms with E-state index in [0.29, 0.717) is 6.54 Å². The summed E-state index contributed by atoms with van der Waals surface area (Å²) in [6.45, 7) is 11.9. The van der Waals surface area contributed by atoms with Crippen LogP contribution in [-0.2, 0) is 16.1 Å². The van der Waals surface area contributed by atoms with Gasteiger partial charge in [-0.05, 0) is 45.2 Å². The predicted octanol–water partition coefficient (Wildman–Crippen LogP) is 2.31. The van der Waals surface area contributed by atoms with Gasteiger partial charge in [0.1, 0.15) is 11.4 Å². The quantitative estimate of drug-likeness (QED) is 0.671. The minimum absolute atomic E-state index is 0. The zero-order valence-electron chi connectivity index (χ0n) is 16.5. The molecule has 1 rings (SSSR count). The molecular weight excluding hydrogens is 354 g/mol. The van der Waals surface area contributed by atoms with Gasteiger partial charge in [0.05, 0.1) is 12.6 Å². The summed E-state index contributed by atoms with van der Waals surface area (Å²) in [6.07, 6.45) is 0. The first kappa shape index (κ1) is 24.2. The fourth-order valence-corrected chi connectivity index (χ4v) is 2.08. The second kappa shape index (κ2) is 10.4. The van der Waals surface area contributed by atoms with Crippen LogP contribution < -0.4 is 21.1 Å². The first-order valence-electron chi connectivity index (χ1n) is 8.58. The van der Waals surface area contributed by atoms with Crippen LogP contribution in [0.15, 0.2) is 18.2 Å². The Kier molecular flexibility index (Phi) is 9.67. The maximum Gasteiger partial charge on any atom is 0.239 e. The SMILES string of the molecule is Cc1ccc(CNC(=O)CNC(=O)[C@@H](N)C(C)C)c(OC(C)(C)C)c1.Cl. The summed E-state index contributed by atoms with van der Waals surface area (Å²) >= 11 is 0. The van der Waals surface area contributed by atoms with Crippen LogP contribution in [0, 0.1) is 12.8 Å². The maximum atomic E-state index is 12.0. The van der Waals surface area contributed by atoms with Crippen molar-refractivity contribution in [2.75, 3.05) is 6.54 Å². The van der Waals surface area contributed by atoms with Crippen molar-refractivity contribution in [3.8, 4) is 5.75 Å². The fraction of sp³-hybridized carbons (Fsp3) is 0.579. The van der Waals surface area contributed by atoms with E-state index in [0.717, 1.165) is 16.9 Å². The van der Waals surface area contributed by atoms with Crippen LogP contribution in [0.25, 0.3) is 0 Å². The molecule has 6 nitrogen and oxygen atoms in total. The summed E-state index contributed by atoms with van der Waals surface area (Å²) in [6, 6.07) is 5.25. The molecule has 7 heteroatoms. The van der Waals surface area contributed by atoms with Crippen LogP contribution >= 0.6 is 12.4 Å². The molecule has 0 fully saturated rings. The Morgan fingerprint density at radius 3 is 2.35 bits per heavy atom. The number of ether oxygens (including phenoxy) is 1. The Bertz CT molecular complexity index is 613. The highest BCUT2D eigenvalue weighted by atomic mass is 35.5. The number of hydrogen-bond acceptors (Lipinski definition) is 4. The number of halogens is 1. The first-order chi connectivity index (χ1) is 11.5. The lowest BCUT2D eigenvalue weighted by molar-refractivity contribution is -0.127. The Balaban J connectivity index is 0.00000625. The molecule has 148 valence electrons. The molecule has 0 saturated carbocycles. The van der Waals surface area contributed by atoms with Crippen LogP contribution in [0.5, 0.6) is 5.75 Å². The summed E-state index contributed by atoms with van der Waals surface area (Å²) in [5, 5.41) is 5.35. The average molecular weight is 386 g/mol. The number of benzene rings is 1. The molecule has 4 N–H and O–H groups in total. The van der Waals surface area contributed by atoms with E-state index in [4.69, 9.17) is 10.5 Å². The number of amides is 2. The van der Waals surface area contributed by atoms with Gasteiger partial charge in [-0.3, -0.25) is 9.59 Å². The number of rotatable bonds is 7. The standard InChI is InChI=1S/C19H31N3O3.ClH/c1-12(2)17(20)18(24)22-11-16(23)21-10-14-8-7-13(3)9-15(14)25-19(4,5)6;/h7-9,12,17H,10-11,20H2,1-6H3,(H,21,23)(H,22,24);1H/t17-;/m0./s1. The van der Waals surface area contributed by atoms with Crippen molar-refractivity contribution >= 4 is 24.2 Å². The number of hydrogen-bond donors (Lipinski definition) is 3. The Hall–Kier alpha value is -1.79. The highest BCUT2D eigenvalue weighted by Gasteiger charge is 2.18. The Labute approximate surface area is 162 Å². The van der Waals surface area contributed by atoms with Gasteiger partial charge in [-0.2, -0.15) is 0 Å². The van der Waals surface area contributed by atoms with Gasteiger partial charge in [-0.15, -0.1) is 12.4 Å². The summed E-state index contributed by atoms with van der Waals surface area (Å²) in [4.78, 5) is 23.7. The number of carbonyl (C=O) groups excluding carboxylic acids is 2. The van der Waals surface area contributed by atoms with Gasteiger partial charge in [0.15, 0.2) is 0 Å². The molecular formula is C19H32ClN3O3. The van der Waals surface area contributed by atoms with Gasteiger partial charge >= 0.3 is 0 Å². The third-order valence-electron chi connectivity index (χ3n) is 3.56. The number of nitrogens with one attached hydrogen (secondary N) is 2. The Morgan fingerprint density at radius 1 is 1.19 bits per heavy atom. The molecule has 0 heterocycles. The second-order valence-electron chi connectivity index (χ2n) is 7.59. The summed E-state index contributed by atoms with van der Waals surface area (Å²) in [5.41, 5.74) is 7.39. The number of carbonyl (C=O) groups is 2. The summed E-state index contributed by atoms with van der Waals surface area (Å²) in [5.74, 6) is 0.176. The van der Waals surface area contributed by atoms with Gasteiger partial charge < -0.3 is 21.1 Å². The molecule has 0 unspecified atom stereocenters. The molecule has 0 aliphatic heterocycles. The lowest BCUT2D eigenvalue weighted by Crippen LogP contribution is -2.47. The lowest BCUT2D eigenvalue weighted by atomic mass is 10.1. The van der Waals surface area contributed by atoms with Crippen molar-refractivity contribution < 1.29 is 14.3 Å². The normalized spacial score (nSPS) is 12.2.